The molecule has 5 nitrogen and oxygen atoms in total. The zero-order valence-corrected chi connectivity index (χ0v) is 13.9. The molecule has 0 atom stereocenters. The SMILES string of the molecule is O=S(=O)(Nc1oncc1-c1ccc(Cl)cc1)c1cccc(Cl)c1. The number of aromatic nitrogens is 1. The Morgan fingerprint density at radius 2 is 1.74 bits per heavy atom. The number of sulfonamides is 1. The molecule has 0 bridgehead atoms. The lowest BCUT2D eigenvalue weighted by Gasteiger charge is -2.07. The molecular formula is C15H10Cl2N2O3S. The minimum atomic E-state index is -3.84. The first kappa shape index (κ1) is 15.9. The van der Waals surface area contributed by atoms with Crippen molar-refractivity contribution in [2.24, 2.45) is 0 Å². The van der Waals surface area contributed by atoms with Crippen LogP contribution >= 0.6 is 23.2 Å². The van der Waals surface area contributed by atoms with E-state index in [4.69, 9.17) is 27.7 Å². The van der Waals surface area contributed by atoms with Gasteiger partial charge in [0.1, 0.15) is 0 Å². The summed E-state index contributed by atoms with van der Waals surface area (Å²) in [6.45, 7) is 0. The lowest BCUT2D eigenvalue weighted by atomic mass is 10.1. The van der Waals surface area contributed by atoms with Crippen LogP contribution in [-0.4, -0.2) is 13.6 Å². The summed E-state index contributed by atoms with van der Waals surface area (Å²) in [7, 11) is -3.84. The lowest BCUT2D eigenvalue weighted by molar-refractivity contribution is 0.435. The summed E-state index contributed by atoms with van der Waals surface area (Å²) in [6, 6.07) is 12.8. The second kappa shape index (κ2) is 6.23. The average Bonchev–Trinajstić information content (AvgIpc) is 2.95. The number of hydrogen-bond donors (Lipinski definition) is 1. The van der Waals surface area contributed by atoms with Gasteiger partial charge in [0, 0.05) is 10.0 Å². The maximum Gasteiger partial charge on any atom is 0.264 e. The van der Waals surface area contributed by atoms with Crippen LogP contribution in [0.2, 0.25) is 10.0 Å². The van der Waals surface area contributed by atoms with Crippen molar-refractivity contribution in [1.82, 2.24) is 5.16 Å². The first-order valence-corrected chi connectivity index (χ1v) is 8.68. The van der Waals surface area contributed by atoms with Crippen molar-refractivity contribution in [2.75, 3.05) is 4.72 Å². The van der Waals surface area contributed by atoms with E-state index < -0.39 is 10.0 Å². The highest BCUT2D eigenvalue weighted by atomic mass is 35.5. The molecule has 0 aliphatic rings. The highest BCUT2D eigenvalue weighted by molar-refractivity contribution is 7.92. The first-order valence-electron chi connectivity index (χ1n) is 6.45. The molecule has 118 valence electrons. The molecule has 1 aromatic heterocycles. The fourth-order valence-electron chi connectivity index (χ4n) is 1.96. The molecule has 1 N–H and O–H groups in total. The number of nitrogens with zero attached hydrogens (tertiary/aromatic N) is 1. The van der Waals surface area contributed by atoms with Crippen molar-refractivity contribution < 1.29 is 12.9 Å². The molecule has 1 heterocycles. The molecule has 0 unspecified atom stereocenters. The van der Waals surface area contributed by atoms with E-state index in [1.165, 1.54) is 18.3 Å². The molecule has 0 saturated carbocycles. The quantitative estimate of drug-likeness (QED) is 0.738. The summed E-state index contributed by atoms with van der Waals surface area (Å²) in [5, 5.41) is 4.55. The van der Waals surface area contributed by atoms with Crippen molar-refractivity contribution in [3.8, 4) is 11.1 Å². The van der Waals surface area contributed by atoms with Crippen molar-refractivity contribution >= 4 is 39.1 Å². The summed E-state index contributed by atoms with van der Waals surface area (Å²) in [5.41, 5.74) is 1.23. The van der Waals surface area contributed by atoms with Gasteiger partial charge in [-0.25, -0.2) is 13.1 Å². The van der Waals surface area contributed by atoms with Gasteiger partial charge in [-0.1, -0.05) is 46.6 Å². The highest BCUT2D eigenvalue weighted by Crippen LogP contribution is 2.30. The van der Waals surface area contributed by atoms with Crippen LogP contribution in [0, 0.1) is 0 Å². The van der Waals surface area contributed by atoms with E-state index in [0.717, 1.165) is 5.56 Å². The summed E-state index contributed by atoms with van der Waals surface area (Å²) >= 11 is 11.7. The molecule has 3 rings (SSSR count). The third-order valence-corrected chi connectivity index (χ3v) is 4.87. The van der Waals surface area contributed by atoms with E-state index in [1.54, 1.807) is 36.4 Å². The van der Waals surface area contributed by atoms with Crippen LogP contribution in [0.1, 0.15) is 0 Å². The molecular weight excluding hydrogens is 359 g/mol. The van der Waals surface area contributed by atoms with Crippen LogP contribution in [-0.2, 0) is 10.0 Å². The van der Waals surface area contributed by atoms with Gasteiger partial charge in [0.15, 0.2) is 0 Å². The smallest absolute Gasteiger partial charge is 0.264 e. The largest absolute Gasteiger partial charge is 0.337 e. The zero-order chi connectivity index (χ0) is 16.4. The van der Waals surface area contributed by atoms with Crippen molar-refractivity contribution in [1.29, 1.82) is 0 Å². The summed E-state index contributed by atoms with van der Waals surface area (Å²) in [5.74, 6) is 0.0206. The van der Waals surface area contributed by atoms with E-state index in [1.807, 2.05) is 0 Å². The van der Waals surface area contributed by atoms with Gasteiger partial charge in [-0.2, -0.15) is 0 Å². The second-order valence-corrected chi connectivity index (χ2v) is 7.19. The predicted octanol–water partition coefficient (Wildman–Crippen LogP) is 4.45. The third-order valence-electron chi connectivity index (χ3n) is 3.06. The van der Waals surface area contributed by atoms with Crippen LogP contribution in [0.25, 0.3) is 11.1 Å². The molecule has 0 aliphatic heterocycles. The molecule has 8 heteroatoms. The van der Waals surface area contributed by atoms with Gasteiger partial charge in [-0.05, 0) is 35.9 Å². The Balaban J connectivity index is 1.95. The topological polar surface area (TPSA) is 72.2 Å². The Labute approximate surface area is 142 Å². The molecule has 0 amide bonds. The average molecular weight is 369 g/mol. The number of rotatable bonds is 4. The summed E-state index contributed by atoms with van der Waals surface area (Å²) < 4.78 is 32.2. The molecule has 0 spiro atoms. The number of halogens is 2. The third kappa shape index (κ3) is 3.50. The molecule has 2 aromatic carbocycles. The van der Waals surface area contributed by atoms with Crippen molar-refractivity contribution in [2.45, 2.75) is 4.90 Å². The highest BCUT2D eigenvalue weighted by Gasteiger charge is 2.20. The van der Waals surface area contributed by atoms with Crippen molar-refractivity contribution in [3.63, 3.8) is 0 Å². The molecule has 23 heavy (non-hydrogen) atoms. The Kier molecular flexibility index (Phi) is 4.30. The molecule has 0 saturated heterocycles. The second-order valence-electron chi connectivity index (χ2n) is 4.64. The monoisotopic (exact) mass is 368 g/mol. The van der Waals surface area contributed by atoms with Crippen LogP contribution in [0.5, 0.6) is 0 Å². The van der Waals surface area contributed by atoms with Crippen molar-refractivity contribution in [3.05, 3.63) is 64.8 Å². The fourth-order valence-corrected chi connectivity index (χ4v) is 3.39. The van der Waals surface area contributed by atoms with Crippen LogP contribution in [0.15, 0.2) is 64.1 Å². The Bertz CT molecular complexity index is 937. The van der Waals surface area contributed by atoms with E-state index in [9.17, 15) is 8.42 Å². The van der Waals surface area contributed by atoms with E-state index in [-0.39, 0.29) is 10.8 Å². The Morgan fingerprint density at radius 1 is 1.00 bits per heavy atom. The van der Waals surface area contributed by atoms with Gasteiger partial charge >= 0.3 is 0 Å². The Hall–Kier alpha value is -2.02. The predicted molar refractivity (Wildman–Crippen MR) is 89.2 cm³/mol. The molecule has 0 fully saturated rings. The van der Waals surface area contributed by atoms with E-state index in [2.05, 4.69) is 9.88 Å². The number of nitrogens with one attached hydrogen (secondary N) is 1. The minimum Gasteiger partial charge on any atom is -0.337 e. The number of hydrogen-bond acceptors (Lipinski definition) is 4. The maximum atomic E-state index is 12.4. The molecule has 0 radical (unpaired) electrons. The first-order chi connectivity index (χ1) is 11.0. The minimum absolute atomic E-state index is 0.0206. The maximum absolute atomic E-state index is 12.4. The summed E-state index contributed by atoms with van der Waals surface area (Å²) in [6.07, 6.45) is 1.43. The van der Waals surface area contributed by atoms with Gasteiger partial charge in [0.05, 0.1) is 16.7 Å². The molecule has 0 aliphatic carbocycles. The van der Waals surface area contributed by atoms with E-state index >= 15 is 0 Å². The number of anilines is 1. The standard InChI is InChI=1S/C15H10Cl2N2O3S/c16-11-6-4-10(5-7-11)14-9-18-22-15(14)19-23(20,21)13-3-1-2-12(17)8-13/h1-9,19H. The lowest BCUT2D eigenvalue weighted by Crippen LogP contribution is -2.12. The Morgan fingerprint density at radius 3 is 2.43 bits per heavy atom. The van der Waals surface area contributed by atoms with Gasteiger partial charge in [-0.15, -0.1) is 0 Å². The van der Waals surface area contributed by atoms with Crippen LogP contribution in [0.4, 0.5) is 5.88 Å². The fraction of sp³-hybridized carbons (Fsp3) is 0. The zero-order valence-electron chi connectivity index (χ0n) is 11.5. The van der Waals surface area contributed by atoms with Gasteiger partial charge in [0.2, 0.25) is 5.88 Å². The van der Waals surface area contributed by atoms with Crippen LogP contribution in [0.3, 0.4) is 0 Å². The van der Waals surface area contributed by atoms with E-state index in [0.29, 0.717) is 15.6 Å². The molecule has 3 aromatic rings. The summed E-state index contributed by atoms with van der Waals surface area (Å²) in [4.78, 5) is 0.0310. The van der Waals surface area contributed by atoms with Gasteiger partial charge in [0.25, 0.3) is 10.0 Å². The number of benzene rings is 2. The van der Waals surface area contributed by atoms with Gasteiger partial charge < -0.3 is 4.52 Å². The van der Waals surface area contributed by atoms with Gasteiger partial charge in [-0.3, -0.25) is 0 Å². The normalized spacial score (nSPS) is 11.4. The van der Waals surface area contributed by atoms with Crippen LogP contribution < -0.4 is 4.72 Å².